The van der Waals surface area contributed by atoms with Crippen LogP contribution < -0.4 is 10.6 Å². The minimum atomic E-state index is -0.376. The van der Waals surface area contributed by atoms with Crippen molar-refractivity contribution in [1.29, 1.82) is 0 Å². The first kappa shape index (κ1) is 15.0. The minimum Gasteiger partial charge on any atom is -0.322 e. The summed E-state index contributed by atoms with van der Waals surface area (Å²) in [4.78, 5) is 16.2. The standard InChI is InChI=1S/C16H25N3O/c1-16(2,17)13-8-5-9-14-12(13)7-6-10-19(14)15(20)11-18(3)4/h5,8-9H,6-7,10-11,17H2,1-4H3. The van der Waals surface area contributed by atoms with Gasteiger partial charge < -0.3 is 15.5 Å². The number of carbonyl (C=O) groups excluding carboxylic acids is 1. The van der Waals surface area contributed by atoms with Crippen LogP contribution in [0.5, 0.6) is 0 Å². The van der Waals surface area contributed by atoms with Crippen molar-refractivity contribution in [3.05, 3.63) is 29.3 Å². The topological polar surface area (TPSA) is 49.6 Å². The van der Waals surface area contributed by atoms with Gasteiger partial charge in [0, 0.05) is 17.8 Å². The van der Waals surface area contributed by atoms with Crippen molar-refractivity contribution >= 4 is 11.6 Å². The van der Waals surface area contributed by atoms with Crippen molar-refractivity contribution in [2.75, 3.05) is 32.1 Å². The lowest BCUT2D eigenvalue weighted by Crippen LogP contribution is -2.42. The fourth-order valence-corrected chi connectivity index (χ4v) is 2.84. The number of nitrogens with two attached hydrogens (primary N) is 1. The van der Waals surface area contributed by atoms with Gasteiger partial charge in [-0.25, -0.2) is 0 Å². The first-order chi connectivity index (χ1) is 9.30. The first-order valence-electron chi connectivity index (χ1n) is 7.17. The number of anilines is 1. The maximum absolute atomic E-state index is 12.4. The normalized spacial score (nSPS) is 15.4. The summed E-state index contributed by atoms with van der Waals surface area (Å²) >= 11 is 0. The van der Waals surface area contributed by atoms with Crippen molar-refractivity contribution in [1.82, 2.24) is 4.90 Å². The van der Waals surface area contributed by atoms with E-state index in [1.54, 1.807) is 0 Å². The Morgan fingerprint density at radius 1 is 1.40 bits per heavy atom. The Hall–Kier alpha value is -1.39. The van der Waals surface area contributed by atoms with Crippen LogP contribution in [0.3, 0.4) is 0 Å². The van der Waals surface area contributed by atoms with Crippen LogP contribution in [0.1, 0.15) is 31.4 Å². The van der Waals surface area contributed by atoms with E-state index in [1.807, 2.05) is 49.9 Å². The van der Waals surface area contributed by atoms with Crippen molar-refractivity contribution in [3.8, 4) is 0 Å². The van der Waals surface area contributed by atoms with Gasteiger partial charge in [-0.2, -0.15) is 0 Å². The smallest absolute Gasteiger partial charge is 0.241 e. The lowest BCUT2D eigenvalue weighted by atomic mass is 9.86. The Morgan fingerprint density at radius 3 is 2.70 bits per heavy atom. The molecule has 1 amide bonds. The van der Waals surface area contributed by atoms with E-state index in [9.17, 15) is 4.79 Å². The van der Waals surface area contributed by atoms with Gasteiger partial charge in [0.15, 0.2) is 0 Å². The molecular weight excluding hydrogens is 250 g/mol. The zero-order valence-electron chi connectivity index (χ0n) is 12.9. The average molecular weight is 275 g/mol. The molecule has 1 aliphatic heterocycles. The van der Waals surface area contributed by atoms with E-state index in [1.165, 1.54) is 5.56 Å². The molecule has 1 aromatic carbocycles. The summed E-state index contributed by atoms with van der Waals surface area (Å²) in [5, 5.41) is 0. The van der Waals surface area contributed by atoms with Crippen LogP contribution in [0.25, 0.3) is 0 Å². The molecule has 0 bridgehead atoms. The van der Waals surface area contributed by atoms with Crippen LogP contribution in [-0.2, 0) is 16.8 Å². The molecule has 2 rings (SSSR count). The highest BCUT2D eigenvalue weighted by Gasteiger charge is 2.27. The van der Waals surface area contributed by atoms with Gasteiger partial charge in [0.1, 0.15) is 0 Å². The summed E-state index contributed by atoms with van der Waals surface area (Å²) in [6.07, 6.45) is 2.00. The summed E-state index contributed by atoms with van der Waals surface area (Å²) in [5.74, 6) is 0.155. The van der Waals surface area contributed by atoms with Crippen LogP contribution in [0.15, 0.2) is 18.2 Å². The molecule has 2 N–H and O–H groups in total. The maximum Gasteiger partial charge on any atom is 0.241 e. The van der Waals surface area contributed by atoms with E-state index in [0.717, 1.165) is 30.6 Å². The zero-order valence-corrected chi connectivity index (χ0v) is 12.9. The van der Waals surface area contributed by atoms with E-state index >= 15 is 0 Å². The van der Waals surface area contributed by atoms with E-state index in [0.29, 0.717) is 6.54 Å². The summed E-state index contributed by atoms with van der Waals surface area (Å²) in [6.45, 7) is 5.27. The van der Waals surface area contributed by atoms with E-state index in [2.05, 4.69) is 6.07 Å². The van der Waals surface area contributed by atoms with Gasteiger partial charge in [-0.15, -0.1) is 0 Å². The molecule has 4 nitrogen and oxygen atoms in total. The highest BCUT2D eigenvalue weighted by atomic mass is 16.2. The quantitative estimate of drug-likeness (QED) is 0.914. The molecule has 1 aromatic rings. The average Bonchev–Trinajstić information content (AvgIpc) is 2.35. The molecule has 0 radical (unpaired) electrons. The van der Waals surface area contributed by atoms with Crippen molar-refractivity contribution in [2.45, 2.75) is 32.2 Å². The Bertz CT molecular complexity index is 503. The SMILES string of the molecule is CN(C)CC(=O)N1CCCc2c1cccc2C(C)(C)N. The second-order valence-corrected chi connectivity index (χ2v) is 6.41. The number of hydrogen-bond donors (Lipinski definition) is 1. The Labute approximate surface area is 121 Å². The molecule has 1 aliphatic rings. The van der Waals surface area contributed by atoms with Crippen LogP contribution in [0, 0.1) is 0 Å². The van der Waals surface area contributed by atoms with Crippen molar-refractivity contribution in [2.24, 2.45) is 5.73 Å². The number of amides is 1. The molecule has 0 aromatic heterocycles. The molecule has 1 heterocycles. The Kier molecular flexibility index (Phi) is 4.16. The number of carbonyl (C=O) groups is 1. The predicted octanol–water partition coefficient (Wildman–Crippen LogP) is 1.72. The highest BCUT2D eigenvalue weighted by molar-refractivity contribution is 5.96. The van der Waals surface area contributed by atoms with Gasteiger partial charge in [-0.05, 0) is 58.0 Å². The molecule has 0 saturated carbocycles. The Morgan fingerprint density at radius 2 is 2.10 bits per heavy atom. The van der Waals surface area contributed by atoms with Crippen LogP contribution >= 0.6 is 0 Å². The number of hydrogen-bond acceptors (Lipinski definition) is 3. The second kappa shape index (κ2) is 5.54. The highest BCUT2D eigenvalue weighted by Crippen LogP contribution is 2.34. The van der Waals surface area contributed by atoms with Crippen molar-refractivity contribution < 1.29 is 4.79 Å². The number of rotatable bonds is 3. The fraction of sp³-hybridized carbons (Fsp3) is 0.562. The first-order valence-corrected chi connectivity index (χ1v) is 7.17. The van der Waals surface area contributed by atoms with E-state index in [4.69, 9.17) is 5.73 Å². The van der Waals surface area contributed by atoms with Crippen LogP contribution in [0.2, 0.25) is 0 Å². The molecule has 0 atom stereocenters. The Balaban J connectivity index is 2.40. The molecule has 0 unspecified atom stereocenters. The number of benzene rings is 1. The lowest BCUT2D eigenvalue weighted by Gasteiger charge is -2.34. The third-order valence-electron chi connectivity index (χ3n) is 3.70. The molecule has 20 heavy (non-hydrogen) atoms. The van der Waals surface area contributed by atoms with Crippen LogP contribution in [0.4, 0.5) is 5.69 Å². The molecular formula is C16H25N3O. The molecule has 110 valence electrons. The van der Waals surface area contributed by atoms with Gasteiger partial charge >= 0.3 is 0 Å². The summed E-state index contributed by atoms with van der Waals surface area (Å²) < 4.78 is 0. The van der Waals surface area contributed by atoms with Gasteiger partial charge in [0.25, 0.3) is 0 Å². The van der Waals surface area contributed by atoms with Gasteiger partial charge in [-0.1, -0.05) is 12.1 Å². The third-order valence-corrected chi connectivity index (χ3v) is 3.70. The summed E-state index contributed by atoms with van der Waals surface area (Å²) in [6, 6.07) is 6.13. The maximum atomic E-state index is 12.4. The summed E-state index contributed by atoms with van der Waals surface area (Å²) in [5.41, 5.74) is 9.32. The largest absolute Gasteiger partial charge is 0.322 e. The third kappa shape index (κ3) is 3.02. The fourth-order valence-electron chi connectivity index (χ4n) is 2.84. The van der Waals surface area contributed by atoms with E-state index < -0.39 is 0 Å². The number of likely N-dealkylation sites (N-methyl/N-ethyl adjacent to an activating group) is 1. The molecule has 4 heteroatoms. The summed E-state index contributed by atoms with van der Waals surface area (Å²) in [7, 11) is 3.84. The zero-order chi connectivity index (χ0) is 14.9. The monoisotopic (exact) mass is 275 g/mol. The van der Waals surface area contributed by atoms with Crippen LogP contribution in [-0.4, -0.2) is 38.0 Å². The van der Waals surface area contributed by atoms with Gasteiger partial charge in [-0.3, -0.25) is 4.79 Å². The van der Waals surface area contributed by atoms with E-state index in [-0.39, 0.29) is 11.4 Å². The molecule has 0 aliphatic carbocycles. The number of nitrogens with zero attached hydrogens (tertiary/aromatic N) is 2. The second-order valence-electron chi connectivity index (χ2n) is 6.41. The molecule has 0 spiro atoms. The van der Waals surface area contributed by atoms with Gasteiger partial charge in [0.2, 0.25) is 5.91 Å². The molecule has 0 fully saturated rings. The van der Waals surface area contributed by atoms with Crippen molar-refractivity contribution in [3.63, 3.8) is 0 Å². The molecule has 0 saturated heterocycles. The predicted molar refractivity (Wildman–Crippen MR) is 82.9 cm³/mol. The lowest BCUT2D eigenvalue weighted by molar-refractivity contribution is -0.119. The van der Waals surface area contributed by atoms with Gasteiger partial charge in [0.05, 0.1) is 6.54 Å². The minimum absolute atomic E-state index is 0.155. The number of fused-ring (bicyclic) bond motifs is 1.